The van der Waals surface area contributed by atoms with Gasteiger partial charge in [0.1, 0.15) is 0 Å². The predicted octanol–water partition coefficient (Wildman–Crippen LogP) is 4.90. The molecule has 0 aliphatic rings. The lowest BCUT2D eigenvalue weighted by molar-refractivity contribution is -0.144. The summed E-state index contributed by atoms with van der Waals surface area (Å²) in [5.41, 5.74) is 0. The molecule has 0 fully saturated rings. The van der Waals surface area contributed by atoms with Crippen LogP contribution in [0, 0.1) is 11.8 Å². The van der Waals surface area contributed by atoms with Crippen LogP contribution < -0.4 is 0 Å². The molecule has 0 bridgehead atoms. The summed E-state index contributed by atoms with van der Waals surface area (Å²) in [7, 11) is 0. The fourth-order valence-electron chi connectivity index (χ4n) is 2.48. The summed E-state index contributed by atoms with van der Waals surface area (Å²) in [6, 6.07) is 0. The first-order valence-electron chi connectivity index (χ1n) is 9.32. The zero-order valence-electron chi connectivity index (χ0n) is 15.6. The average Bonchev–Trinajstić information content (AvgIpc) is 2.51. The van der Waals surface area contributed by atoms with Crippen LogP contribution in [0.25, 0.3) is 0 Å². The topological polar surface area (TPSA) is 52.6 Å². The summed E-state index contributed by atoms with van der Waals surface area (Å²) in [6.07, 6.45) is 7.67. The van der Waals surface area contributed by atoms with Crippen molar-refractivity contribution in [3.05, 3.63) is 0 Å². The Morgan fingerprint density at radius 3 is 2.04 bits per heavy atom. The van der Waals surface area contributed by atoms with Crippen molar-refractivity contribution in [1.29, 1.82) is 0 Å². The van der Waals surface area contributed by atoms with Gasteiger partial charge in [-0.25, -0.2) is 0 Å². The fourth-order valence-corrected chi connectivity index (χ4v) is 2.48. The minimum atomic E-state index is -0.0903. The summed E-state index contributed by atoms with van der Waals surface area (Å²) in [4.78, 5) is 23.1. The summed E-state index contributed by atoms with van der Waals surface area (Å²) >= 11 is 0. The lowest BCUT2D eigenvalue weighted by Crippen LogP contribution is -2.13. The van der Waals surface area contributed by atoms with Crippen LogP contribution in [0.2, 0.25) is 0 Å². The van der Waals surface area contributed by atoms with E-state index >= 15 is 0 Å². The van der Waals surface area contributed by atoms with E-state index in [0.717, 1.165) is 44.9 Å². The molecule has 4 nitrogen and oxygen atoms in total. The molecule has 4 heteroatoms. The molecule has 0 spiro atoms. The molecule has 136 valence electrons. The molecule has 0 saturated carbocycles. The minimum Gasteiger partial charge on any atom is -0.466 e. The molecule has 0 amide bonds. The van der Waals surface area contributed by atoms with E-state index in [4.69, 9.17) is 9.47 Å². The van der Waals surface area contributed by atoms with Gasteiger partial charge in [0, 0.05) is 12.8 Å². The number of hydrogen-bond donors (Lipinski definition) is 0. The van der Waals surface area contributed by atoms with Crippen molar-refractivity contribution >= 4 is 11.9 Å². The highest BCUT2D eigenvalue weighted by Crippen LogP contribution is 2.24. The number of esters is 2. The number of carbonyl (C=O) groups is 2. The van der Waals surface area contributed by atoms with E-state index in [1.54, 1.807) is 0 Å². The van der Waals surface area contributed by atoms with Crippen molar-refractivity contribution in [2.45, 2.75) is 85.5 Å². The maximum absolute atomic E-state index is 11.7. The quantitative estimate of drug-likeness (QED) is 0.336. The van der Waals surface area contributed by atoms with Crippen molar-refractivity contribution in [2.75, 3.05) is 13.2 Å². The van der Waals surface area contributed by atoms with Gasteiger partial charge >= 0.3 is 11.9 Å². The van der Waals surface area contributed by atoms with Gasteiger partial charge in [0.15, 0.2) is 0 Å². The number of unbranched alkanes of at least 4 members (excludes halogenated alkanes) is 2. The Morgan fingerprint density at radius 1 is 0.783 bits per heavy atom. The molecular weight excluding hydrogens is 292 g/mol. The molecule has 23 heavy (non-hydrogen) atoms. The third-order valence-corrected chi connectivity index (χ3v) is 4.10. The molecule has 0 aromatic rings. The minimum absolute atomic E-state index is 0.0766. The Morgan fingerprint density at radius 2 is 1.43 bits per heavy atom. The van der Waals surface area contributed by atoms with E-state index in [1.165, 1.54) is 0 Å². The van der Waals surface area contributed by atoms with Gasteiger partial charge < -0.3 is 9.47 Å². The van der Waals surface area contributed by atoms with E-state index in [2.05, 4.69) is 20.8 Å². The monoisotopic (exact) mass is 328 g/mol. The second-order valence-electron chi connectivity index (χ2n) is 6.58. The molecule has 0 aliphatic heterocycles. The van der Waals surface area contributed by atoms with Crippen LogP contribution in [0.1, 0.15) is 85.5 Å². The van der Waals surface area contributed by atoms with E-state index in [0.29, 0.717) is 37.9 Å². The van der Waals surface area contributed by atoms with Crippen LogP contribution >= 0.6 is 0 Å². The second kappa shape index (κ2) is 14.5. The highest BCUT2D eigenvalue weighted by Gasteiger charge is 2.16. The molecule has 1 unspecified atom stereocenters. The summed E-state index contributed by atoms with van der Waals surface area (Å²) in [6.45, 7) is 9.54. The zero-order valence-corrected chi connectivity index (χ0v) is 15.6. The molecule has 0 aromatic heterocycles. The van der Waals surface area contributed by atoms with Gasteiger partial charge in [-0.1, -0.05) is 47.0 Å². The molecular formula is C19H36O4. The van der Waals surface area contributed by atoms with Crippen LogP contribution in [0.3, 0.4) is 0 Å². The second-order valence-corrected chi connectivity index (χ2v) is 6.58. The van der Waals surface area contributed by atoms with Crippen molar-refractivity contribution in [2.24, 2.45) is 11.8 Å². The summed E-state index contributed by atoms with van der Waals surface area (Å²) in [5, 5.41) is 0. The third-order valence-electron chi connectivity index (χ3n) is 4.10. The molecule has 1 atom stereocenters. The maximum Gasteiger partial charge on any atom is 0.305 e. The molecule has 0 N–H and O–H groups in total. The van der Waals surface area contributed by atoms with Crippen molar-refractivity contribution in [3.8, 4) is 0 Å². The predicted molar refractivity (Wildman–Crippen MR) is 93.1 cm³/mol. The van der Waals surface area contributed by atoms with Crippen LogP contribution in [0.4, 0.5) is 0 Å². The Balaban J connectivity index is 3.85. The third kappa shape index (κ3) is 13.1. The van der Waals surface area contributed by atoms with Gasteiger partial charge in [0.25, 0.3) is 0 Å². The van der Waals surface area contributed by atoms with Crippen LogP contribution in [0.15, 0.2) is 0 Å². The van der Waals surface area contributed by atoms with Gasteiger partial charge in [-0.2, -0.15) is 0 Å². The molecule has 0 aromatic carbocycles. The number of rotatable bonds is 14. The lowest BCUT2D eigenvalue weighted by atomic mass is 9.86. The Labute approximate surface area is 142 Å². The van der Waals surface area contributed by atoms with Gasteiger partial charge in [-0.3, -0.25) is 9.59 Å². The Hall–Kier alpha value is -1.06. The van der Waals surface area contributed by atoms with Crippen molar-refractivity contribution in [1.82, 2.24) is 0 Å². The summed E-state index contributed by atoms with van der Waals surface area (Å²) in [5.74, 6) is 0.894. The van der Waals surface area contributed by atoms with Gasteiger partial charge in [0.05, 0.1) is 13.2 Å². The van der Waals surface area contributed by atoms with E-state index in [1.807, 2.05) is 6.92 Å². The van der Waals surface area contributed by atoms with Crippen LogP contribution in [0.5, 0.6) is 0 Å². The zero-order chi connectivity index (χ0) is 17.5. The number of carbonyl (C=O) groups excluding carboxylic acids is 2. The van der Waals surface area contributed by atoms with Gasteiger partial charge in [0.2, 0.25) is 0 Å². The number of hydrogen-bond acceptors (Lipinski definition) is 4. The molecule has 0 saturated heterocycles. The fraction of sp³-hybridized carbons (Fsp3) is 0.895. The smallest absolute Gasteiger partial charge is 0.305 e. The van der Waals surface area contributed by atoms with E-state index in [-0.39, 0.29) is 11.9 Å². The molecule has 0 radical (unpaired) electrons. The standard InChI is InChI=1S/C19H36O4/c1-5-7-15-23-19(21)13-12-17(16(3)4)10-8-9-11-18(20)22-14-6-2/h16-17H,5-15H2,1-4H3. The number of ether oxygens (including phenoxy) is 2. The highest BCUT2D eigenvalue weighted by atomic mass is 16.5. The van der Waals surface area contributed by atoms with Crippen LogP contribution in [-0.2, 0) is 19.1 Å². The highest BCUT2D eigenvalue weighted by molar-refractivity contribution is 5.69. The van der Waals surface area contributed by atoms with Crippen molar-refractivity contribution in [3.63, 3.8) is 0 Å². The molecule has 0 aliphatic carbocycles. The van der Waals surface area contributed by atoms with Gasteiger partial charge in [-0.15, -0.1) is 0 Å². The van der Waals surface area contributed by atoms with Gasteiger partial charge in [-0.05, 0) is 37.5 Å². The van der Waals surface area contributed by atoms with E-state index in [9.17, 15) is 9.59 Å². The maximum atomic E-state index is 11.7. The first kappa shape index (κ1) is 21.9. The lowest BCUT2D eigenvalue weighted by Gasteiger charge is -2.20. The average molecular weight is 328 g/mol. The largest absolute Gasteiger partial charge is 0.466 e. The SMILES string of the molecule is CCCCOC(=O)CCC(CCCCC(=O)OCCC)C(C)C. The van der Waals surface area contributed by atoms with Crippen molar-refractivity contribution < 1.29 is 19.1 Å². The molecule has 0 rings (SSSR count). The first-order chi connectivity index (χ1) is 11.0. The Kier molecular flexibility index (Phi) is 13.9. The van der Waals surface area contributed by atoms with Crippen LogP contribution in [-0.4, -0.2) is 25.2 Å². The Bertz CT molecular complexity index is 312. The van der Waals surface area contributed by atoms with E-state index < -0.39 is 0 Å². The molecule has 0 heterocycles. The summed E-state index contributed by atoms with van der Waals surface area (Å²) < 4.78 is 10.3. The first-order valence-corrected chi connectivity index (χ1v) is 9.32. The normalized spacial score (nSPS) is 12.2.